The Morgan fingerprint density at radius 3 is 3.00 bits per heavy atom. The second-order valence-electron chi connectivity index (χ2n) is 4.98. The molecule has 3 aromatic rings. The van der Waals surface area contributed by atoms with Gasteiger partial charge in [0.05, 0.1) is 17.8 Å². The van der Waals surface area contributed by atoms with Gasteiger partial charge in [0.25, 0.3) is 0 Å². The van der Waals surface area contributed by atoms with Crippen molar-refractivity contribution in [2.24, 2.45) is 0 Å². The van der Waals surface area contributed by atoms with E-state index in [2.05, 4.69) is 15.3 Å². The molecule has 3 N–H and O–H groups in total. The van der Waals surface area contributed by atoms with Crippen molar-refractivity contribution in [2.45, 2.75) is 20.1 Å². The van der Waals surface area contributed by atoms with Crippen LogP contribution >= 0.6 is 11.6 Å². The summed E-state index contributed by atoms with van der Waals surface area (Å²) in [6.45, 7) is 2.17. The zero-order valence-corrected chi connectivity index (χ0v) is 13.0. The fraction of sp³-hybridized carbons (Fsp3) is 0.200. The molecule has 0 fully saturated rings. The molecule has 23 heavy (non-hydrogen) atoms. The van der Waals surface area contributed by atoms with Gasteiger partial charge < -0.3 is 24.6 Å². The second kappa shape index (κ2) is 6.21. The van der Waals surface area contributed by atoms with E-state index in [9.17, 15) is 4.79 Å². The number of ether oxygens (including phenoxy) is 1. The summed E-state index contributed by atoms with van der Waals surface area (Å²) in [6, 6.07) is 5.35. The van der Waals surface area contributed by atoms with Crippen molar-refractivity contribution in [1.29, 1.82) is 0 Å². The van der Waals surface area contributed by atoms with Gasteiger partial charge in [0.2, 0.25) is 5.89 Å². The molecule has 0 bridgehead atoms. The van der Waals surface area contributed by atoms with Crippen LogP contribution in [0.2, 0.25) is 5.02 Å². The number of carboxylic acid groups (broad SMARTS) is 1. The molecule has 0 atom stereocenters. The Bertz CT molecular complexity index is 856. The van der Waals surface area contributed by atoms with Crippen molar-refractivity contribution in [3.8, 4) is 5.75 Å². The molecule has 1 amide bonds. The molecule has 120 valence electrons. The number of nitrogens with one attached hydrogen (secondary N) is 2. The van der Waals surface area contributed by atoms with Gasteiger partial charge in [-0.05, 0) is 19.1 Å². The highest BCUT2D eigenvalue weighted by Crippen LogP contribution is 2.31. The van der Waals surface area contributed by atoms with E-state index in [0.29, 0.717) is 22.4 Å². The Kier molecular flexibility index (Phi) is 4.12. The number of hydrogen-bond donors (Lipinski definition) is 3. The molecule has 3 rings (SSSR count). The second-order valence-corrected chi connectivity index (χ2v) is 5.38. The van der Waals surface area contributed by atoms with E-state index in [0.717, 1.165) is 16.6 Å². The maximum absolute atomic E-state index is 10.5. The van der Waals surface area contributed by atoms with Gasteiger partial charge in [-0.1, -0.05) is 11.6 Å². The number of carbonyl (C=O) groups is 1. The lowest BCUT2D eigenvalue weighted by molar-refractivity contribution is 0.194. The van der Waals surface area contributed by atoms with Crippen molar-refractivity contribution in [3.05, 3.63) is 46.8 Å². The molecule has 7 nitrogen and oxygen atoms in total. The van der Waals surface area contributed by atoms with Gasteiger partial charge in [-0.15, -0.1) is 0 Å². The average Bonchev–Trinajstić information content (AvgIpc) is 3.08. The molecule has 0 saturated carbocycles. The van der Waals surface area contributed by atoms with E-state index >= 15 is 0 Å². The van der Waals surface area contributed by atoms with Crippen LogP contribution in [0.25, 0.3) is 10.9 Å². The maximum Gasteiger partial charge on any atom is 0.404 e. The highest BCUT2D eigenvalue weighted by molar-refractivity contribution is 6.32. The minimum absolute atomic E-state index is 0.174. The SMILES string of the molecule is Cc1cnc(COc2cc3[nH]c(CNC(=O)O)cc3cc2Cl)o1. The lowest BCUT2D eigenvalue weighted by atomic mass is 10.2. The van der Waals surface area contributed by atoms with Gasteiger partial charge in [-0.25, -0.2) is 9.78 Å². The molecule has 2 heterocycles. The molecular formula is C15H14ClN3O4. The van der Waals surface area contributed by atoms with E-state index in [1.54, 1.807) is 25.3 Å². The minimum Gasteiger partial charge on any atom is -0.482 e. The van der Waals surface area contributed by atoms with E-state index in [1.165, 1.54) is 0 Å². The Morgan fingerprint density at radius 2 is 2.30 bits per heavy atom. The van der Waals surface area contributed by atoms with Gasteiger partial charge in [-0.2, -0.15) is 0 Å². The van der Waals surface area contributed by atoms with Gasteiger partial charge in [0, 0.05) is 22.7 Å². The lowest BCUT2D eigenvalue weighted by Crippen LogP contribution is -2.19. The number of benzene rings is 1. The average molecular weight is 336 g/mol. The summed E-state index contributed by atoms with van der Waals surface area (Å²) < 4.78 is 11.0. The van der Waals surface area contributed by atoms with Crippen LogP contribution in [0.4, 0.5) is 4.79 Å². The van der Waals surface area contributed by atoms with Crippen molar-refractivity contribution >= 4 is 28.6 Å². The molecule has 0 aliphatic heterocycles. The third kappa shape index (κ3) is 3.57. The molecule has 2 aromatic heterocycles. The predicted molar refractivity (Wildman–Crippen MR) is 83.7 cm³/mol. The van der Waals surface area contributed by atoms with Crippen LogP contribution in [0.15, 0.2) is 28.8 Å². The number of rotatable bonds is 5. The quantitative estimate of drug-likeness (QED) is 0.663. The van der Waals surface area contributed by atoms with Crippen LogP contribution in [0.1, 0.15) is 17.3 Å². The van der Waals surface area contributed by atoms with Crippen LogP contribution in [0.3, 0.4) is 0 Å². The van der Waals surface area contributed by atoms with Gasteiger partial charge in [-0.3, -0.25) is 0 Å². The maximum atomic E-state index is 10.5. The molecule has 0 saturated heterocycles. The summed E-state index contributed by atoms with van der Waals surface area (Å²) in [5.41, 5.74) is 1.54. The minimum atomic E-state index is -1.08. The van der Waals surface area contributed by atoms with Crippen molar-refractivity contribution in [1.82, 2.24) is 15.3 Å². The number of hydrogen-bond acceptors (Lipinski definition) is 4. The number of nitrogens with zero attached hydrogens (tertiary/aromatic N) is 1. The third-order valence-electron chi connectivity index (χ3n) is 3.18. The summed E-state index contributed by atoms with van der Waals surface area (Å²) >= 11 is 6.21. The van der Waals surface area contributed by atoms with Crippen LogP contribution in [-0.2, 0) is 13.2 Å². The highest BCUT2D eigenvalue weighted by Gasteiger charge is 2.10. The van der Waals surface area contributed by atoms with E-state index in [-0.39, 0.29) is 13.2 Å². The van der Waals surface area contributed by atoms with E-state index in [4.69, 9.17) is 25.9 Å². The first-order chi connectivity index (χ1) is 11.0. The number of oxazole rings is 1. The largest absolute Gasteiger partial charge is 0.482 e. The number of aryl methyl sites for hydroxylation is 1. The Balaban J connectivity index is 1.77. The van der Waals surface area contributed by atoms with E-state index < -0.39 is 6.09 Å². The number of H-pyrrole nitrogens is 1. The van der Waals surface area contributed by atoms with Gasteiger partial charge >= 0.3 is 6.09 Å². The summed E-state index contributed by atoms with van der Waals surface area (Å²) in [5.74, 6) is 1.68. The van der Waals surface area contributed by atoms with Crippen LogP contribution in [-0.4, -0.2) is 21.2 Å². The standard InChI is InChI=1S/C15H14ClN3O4/c1-8-5-17-14(23-8)7-22-13-4-12-9(3-11(13)16)2-10(19-12)6-18-15(20)21/h2-5,18-19H,6-7H2,1H3,(H,20,21). The summed E-state index contributed by atoms with van der Waals surface area (Å²) in [5, 5.41) is 12.3. The molecule has 0 radical (unpaired) electrons. The zero-order chi connectivity index (χ0) is 16.4. The van der Waals surface area contributed by atoms with Gasteiger partial charge in [0.1, 0.15) is 11.5 Å². The van der Waals surface area contributed by atoms with E-state index in [1.807, 2.05) is 6.07 Å². The van der Waals surface area contributed by atoms with Crippen molar-refractivity contribution in [3.63, 3.8) is 0 Å². The summed E-state index contributed by atoms with van der Waals surface area (Å²) in [6.07, 6.45) is 0.544. The third-order valence-corrected chi connectivity index (χ3v) is 3.47. The normalized spacial score (nSPS) is 10.9. The predicted octanol–water partition coefficient (Wildman–Crippen LogP) is 3.46. The molecule has 0 aliphatic carbocycles. The van der Waals surface area contributed by atoms with Crippen LogP contribution in [0.5, 0.6) is 5.75 Å². The van der Waals surface area contributed by atoms with Crippen LogP contribution < -0.4 is 10.1 Å². The fourth-order valence-electron chi connectivity index (χ4n) is 2.18. The molecular weight excluding hydrogens is 322 g/mol. The first-order valence-corrected chi connectivity index (χ1v) is 7.21. The Morgan fingerprint density at radius 1 is 1.48 bits per heavy atom. The summed E-state index contributed by atoms with van der Waals surface area (Å²) in [4.78, 5) is 17.7. The Labute approximate surface area is 136 Å². The topological polar surface area (TPSA) is 100 Å². The number of aromatic amines is 1. The Hall–Kier alpha value is -2.67. The van der Waals surface area contributed by atoms with Crippen molar-refractivity contribution in [2.75, 3.05) is 0 Å². The van der Waals surface area contributed by atoms with Crippen molar-refractivity contribution < 1.29 is 19.1 Å². The van der Waals surface area contributed by atoms with Crippen LogP contribution in [0, 0.1) is 6.92 Å². The highest BCUT2D eigenvalue weighted by atomic mass is 35.5. The smallest absolute Gasteiger partial charge is 0.404 e. The zero-order valence-electron chi connectivity index (χ0n) is 12.2. The molecule has 8 heteroatoms. The number of fused-ring (bicyclic) bond motifs is 1. The lowest BCUT2D eigenvalue weighted by Gasteiger charge is -2.06. The molecule has 1 aromatic carbocycles. The number of halogens is 1. The molecule has 0 unspecified atom stereocenters. The number of amides is 1. The first kappa shape index (κ1) is 15.2. The molecule has 0 aliphatic rings. The molecule has 0 spiro atoms. The number of aromatic nitrogens is 2. The first-order valence-electron chi connectivity index (χ1n) is 6.83. The summed E-state index contributed by atoms with van der Waals surface area (Å²) in [7, 11) is 0. The fourth-order valence-corrected chi connectivity index (χ4v) is 2.40. The monoisotopic (exact) mass is 335 g/mol. The van der Waals surface area contributed by atoms with Gasteiger partial charge in [0.15, 0.2) is 6.61 Å².